The summed E-state index contributed by atoms with van der Waals surface area (Å²) in [5, 5.41) is 8.22. The minimum atomic E-state index is -4.26. The molecule has 2 N–H and O–H groups in total. The Kier molecular flexibility index (Phi) is 5.92. The van der Waals surface area contributed by atoms with E-state index in [4.69, 9.17) is 10.1 Å². The van der Waals surface area contributed by atoms with Gasteiger partial charge in [0.25, 0.3) is 0 Å². The molecular weight excluding hydrogens is 477 g/mol. The van der Waals surface area contributed by atoms with Crippen molar-refractivity contribution in [2.75, 3.05) is 0 Å². The molecule has 2 heterocycles. The van der Waals surface area contributed by atoms with Gasteiger partial charge in [0, 0.05) is 30.8 Å². The number of hydrogen-bond acceptors (Lipinski definition) is 4. The van der Waals surface area contributed by atoms with Crippen molar-refractivity contribution >= 4 is 20.6 Å². The molecule has 4 nitrogen and oxygen atoms in total. The number of hydrogen-bond donors (Lipinski definition) is 1. The molecular formula is C28H24FN3OS2. The van der Waals surface area contributed by atoms with Gasteiger partial charge in [0.05, 0.1) is 15.6 Å². The molecule has 0 saturated carbocycles. The standard InChI is InChI=1S/C28H24FN3OS2/c1-2-25-32-27(20-13-15-22(29)16-14-20)28(34-25)21-17-18-31-26(19-21)35(30,33,23-9-5-3-6-10-23)24-11-7-4-8-12-24/h3-19H,2H2,1H3,(H2,30,33). The lowest BCUT2D eigenvalue weighted by Gasteiger charge is -2.38. The summed E-state index contributed by atoms with van der Waals surface area (Å²) in [6.07, 6.45) is 2.40. The van der Waals surface area contributed by atoms with E-state index in [2.05, 4.69) is 4.98 Å². The van der Waals surface area contributed by atoms with Gasteiger partial charge in [0.2, 0.25) is 0 Å². The second-order valence-corrected chi connectivity index (χ2v) is 12.6. The first kappa shape index (κ1) is 23.2. The van der Waals surface area contributed by atoms with Gasteiger partial charge in [-0.1, -0.05) is 43.3 Å². The number of benzene rings is 3. The normalized spacial score (nSPS) is 12.7. The summed E-state index contributed by atoms with van der Waals surface area (Å²) in [4.78, 5) is 11.2. The zero-order valence-corrected chi connectivity index (χ0v) is 20.7. The second kappa shape index (κ2) is 8.92. The van der Waals surface area contributed by atoms with Gasteiger partial charge in [0.1, 0.15) is 10.8 Å². The predicted octanol–water partition coefficient (Wildman–Crippen LogP) is 6.74. The molecule has 176 valence electrons. The Bertz CT molecular complexity index is 1510. The topological polar surface area (TPSA) is 68.9 Å². The van der Waals surface area contributed by atoms with Crippen LogP contribution in [0.2, 0.25) is 0 Å². The molecule has 0 unspecified atom stereocenters. The van der Waals surface area contributed by atoms with E-state index in [1.165, 1.54) is 12.1 Å². The van der Waals surface area contributed by atoms with Crippen LogP contribution >= 0.6 is 11.3 Å². The van der Waals surface area contributed by atoms with Crippen molar-refractivity contribution in [2.45, 2.75) is 28.2 Å². The van der Waals surface area contributed by atoms with Gasteiger partial charge in [-0.15, -0.1) is 11.3 Å². The summed E-state index contributed by atoms with van der Waals surface area (Å²) < 4.78 is 28.7. The Labute approximate surface area is 207 Å². The van der Waals surface area contributed by atoms with Gasteiger partial charge >= 0.3 is 0 Å². The summed E-state index contributed by atoms with van der Waals surface area (Å²) in [5.74, 6) is -0.302. The van der Waals surface area contributed by atoms with Crippen LogP contribution in [0.15, 0.2) is 118 Å². The summed E-state index contributed by atoms with van der Waals surface area (Å²) in [6, 6.07) is 28.1. The van der Waals surface area contributed by atoms with Crippen molar-refractivity contribution < 1.29 is 8.60 Å². The van der Waals surface area contributed by atoms with Crippen LogP contribution in [0.4, 0.5) is 4.39 Å². The fourth-order valence-electron chi connectivity index (χ4n) is 4.05. The maximum atomic E-state index is 15.1. The van der Waals surface area contributed by atoms with Crippen LogP contribution in [0, 0.1) is 5.82 Å². The van der Waals surface area contributed by atoms with E-state index < -0.39 is 9.25 Å². The third-order valence-corrected chi connectivity index (χ3v) is 10.6. The highest BCUT2D eigenvalue weighted by atomic mass is 32.3. The summed E-state index contributed by atoms with van der Waals surface area (Å²) in [6.45, 7) is 2.04. The molecule has 0 saturated heterocycles. The molecule has 0 spiro atoms. The Morgan fingerprint density at radius 2 is 1.46 bits per heavy atom. The fourth-order valence-corrected chi connectivity index (χ4v) is 7.85. The van der Waals surface area contributed by atoms with Crippen LogP contribution in [0.3, 0.4) is 0 Å². The third-order valence-electron chi connectivity index (χ3n) is 5.93. The molecule has 0 aliphatic rings. The first-order valence-electron chi connectivity index (χ1n) is 11.2. The van der Waals surface area contributed by atoms with E-state index in [0.29, 0.717) is 9.79 Å². The lowest BCUT2D eigenvalue weighted by Crippen LogP contribution is -2.44. The molecule has 0 atom stereocenters. The monoisotopic (exact) mass is 501 g/mol. The highest BCUT2D eigenvalue weighted by molar-refractivity contribution is 8.18. The number of aromatic nitrogens is 2. The van der Waals surface area contributed by atoms with Crippen LogP contribution in [0.5, 0.6) is 0 Å². The second-order valence-electron chi connectivity index (χ2n) is 8.16. The number of thiazole rings is 1. The van der Waals surface area contributed by atoms with Crippen LogP contribution in [-0.2, 0) is 15.7 Å². The maximum absolute atomic E-state index is 15.1. The molecule has 0 aliphatic carbocycles. The number of nitrogens with zero attached hydrogens (tertiary/aromatic N) is 2. The Balaban J connectivity index is 1.74. The molecule has 2 aromatic heterocycles. The van der Waals surface area contributed by atoms with E-state index in [1.807, 2.05) is 49.4 Å². The highest BCUT2D eigenvalue weighted by Crippen LogP contribution is 2.46. The fraction of sp³-hybridized carbons (Fsp3) is 0.0714. The van der Waals surface area contributed by atoms with Crippen LogP contribution < -0.4 is 5.14 Å². The van der Waals surface area contributed by atoms with E-state index in [9.17, 15) is 4.39 Å². The molecule has 35 heavy (non-hydrogen) atoms. The summed E-state index contributed by atoms with van der Waals surface area (Å²) in [7, 11) is -4.26. The minimum absolute atomic E-state index is 0.286. The van der Waals surface area contributed by atoms with Crippen molar-refractivity contribution in [3.8, 4) is 21.7 Å². The Morgan fingerprint density at radius 3 is 2.03 bits per heavy atom. The maximum Gasteiger partial charge on any atom is 0.126 e. The molecule has 7 heteroatoms. The number of pyridine rings is 1. The molecule has 5 aromatic rings. The smallest absolute Gasteiger partial charge is 0.126 e. The zero-order chi connectivity index (χ0) is 24.5. The van der Waals surface area contributed by atoms with Crippen molar-refractivity contribution in [2.24, 2.45) is 5.14 Å². The quantitative estimate of drug-likeness (QED) is 0.280. The zero-order valence-electron chi connectivity index (χ0n) is 19.1. The van der Waals surface area contributed by atoms with Crippen LogP contribution in [0.1, 0.15) is 11.9 Å². The molecule has 0 fully saturated rings. The number of rotatable bonds is 6. The van der Waals surface area contributed by atoms with Crippen molar-refractivity contribution in [3.05, 3.63) is 114 Å². The molecule has 0 aliphatic heterocycles. The van der Waals surface area contributed by atoms with Crippen molar-refractivity contribution in [3.63, 3.8) is 0 Å². The molecule has 3 aromatic carbocycles. The van der Waals surface area contributed by atoms with Gasteiger partial charge in [0.15, 0.2) is 0 Å². The van der Waals surface area contributed by atoms with Crippen molar-refractivity contribution in [1.29, 1.82) is 0 Å². The Hall–Kier alpha value is -3.52. The van der Waals surface area contributed by atoms with Crippen LogP contribution in [-0.4, -0.2) is 14.2 Å². The lowest BCUT2D eigenvalue weighted by atomic mass is 10.1. The largest absolute Gasteiger partial charge is 0.260 e. The highest BCUT2D eigenvalue weighted by Gasteiger charge is 2.40. The van der Waals surface area contributed by atoms with E-state index >= 15 is 4.21 Å². The Morgan fingerprint density at radius 1 is 0.857 bits per heavy atom. The van der Waals surface area contributed by atoms with E-state index in [-0.39, 0.29) is 10.8 Å². The summed E-state index contributed by atoms with van der Waals surface area (Å²) in [5.41, 5.74) is 2.37. The van der Waals surface area contributed by atoms with Crippen molar-refractivity contribution in [1.82, 2.24) is 9.97 Å². The lowest BCUT2D eigenvalue weighted by molar-refractivity contribution is 0.628. The molecule has 0 bridgehead atoms. The number of halogens is 1. The van der Waals surface area contributed by atoms with Gasteiger partial charge in [-0.2, -0.15) is 0 Å². The average molecular weight is 502 g/mol. The third kappa shape index (κ3) is 4.01. The van der Waals surface area contributed by atoms with E-state index in [0.717, 1.165) is 33.1 Å². The van der Waals surface area contributed by atoms with Gasteiger partial charge in [-0.25, -0.2) is 14.4 Å². The SMILES string of the molecule is CCc1nc(-c2ccc(F)cc2)c(-c2ccnc(S(N)(=O)(c3ccccc3)c3ccccc3)c2)s1. The molecule has 5 rings (SSSR count). The van der Waals surface area contributed by atoms with Crippen LogP contribution in [0.25, 0.3) is 21.7 Å². The first-order valence-corrected chi connectivity index (χ1v) is 14.0. The minimum Gasteiger partial charge on any atom is -0.260 e. The number of nitrogens with two attached hydrogens (primary N) is 1. The van der Waals surface area contributed by atoms with Gasteiger partial charge in [-0.05, 0) is 72.6 Å². The average Bonchev–Trinajstić information content (AvgIpc) is 3.35. The molecule has 0 amide bonds. The first-order chi connectivity index (χ1) is 16.9. The van der Waals surface area contributed by atoms with Gasteiger partial charge in [-0.3, -0.25) is 9.35 Å². The van der Waals surface area contributed by atoms with E-state index in [1.54, 1.807) is 60.0 Å². The van der Waals surface area contributed by atoms with Gasteiger partial charge < -0.3 is 0 Å². The molecule has 0 radical (unpaired) electrons. The number of aryl methyl sites for hydroxylation is 1. The summed E-state index contributed by atoms with van der Waals surface area (Å²) >= 11 is 1.56. The predicted molar refractivity (Wildman–Crippen MR) is 140 cm³/mol.